The summed E-state index contributed by atoms with van der Waals surface area (Å²) in [6, 6.07) is 0. The molecule has 0 aromatic rings. The highest BCUT2D eigenvalue weighted by Crippen LogP contribution is 2.16. The van der Waals surface area contributed by atoms with E-state index in [1.54, 1.807) is 32.9 Å². The fourth-order valence-electron chi connectivity index (χ4n) is 1.68. The van der Waals surface area contributed by atoms with Gasteiger partial charge in [-0.25, -0.2) is 0 Å². The molecule has 6 nitrogen and oxygen atoms in total. The second-order valence-electron chi connectivity index (χ2n) is 5.74. The van der Waals surface area contributed by atoms with Crippen molar-refractivity contribution in [2.75, 3.05) is 19.6 Å². The van der Waals surface area contributed by atoms with E-state index in [0.29, 0.717) is 6.54 Å². The number of hydrogen-bond donors (Lipinski definition) is 3. The van der Waals surface area contributed by atoms with Gasteiger partial charge in [0.15, 0.2) is 0 Å². The molecule has 0 bridgehead atoms. The van der Waals surface area contributed by atoms with Crippen molar-refractivity contribution < 1.29 is 19.6 Å². The number of carbonyl (C=O) groups excluding carboxylic acids is 2. The average Bonchev–Trinajstić information content (AvgIpc) is 2.34. The molecule has 2 amide bonds. The predicted molar refractivity (Wildman–Crippen MR) is 72.1 cm³/mol. The number of nitrogens with zero attached hydrogens (tertiary/aromatic N) is 1. The number of nitrogens with one attached hydrogen (secondary N) is 1. The van der Waals surface area contributed by atoms with Crippen LogP contribution in [0.1, 0.15) is 20.8 Å². The number of hydrogen-bond acceptors (Lipinski definition) is 4. The first-order valence-electron chi connectivity index (χ1n) is 6.30. The molecule has 0 saturated carbocycles. The van der Waals surface area contributed by atoms with E-state index in [2.05, 4.69) is 5.32 Å². The van der Waals surface area contributed by atoms with Gasteiger partial charge in [-0.2, -0.15) is 0 Å². The topological polar surface area (TPSA) is 89.9 Å². The van der Waals surface area contributed by atoms with Crippen LogP contribution in [-0.4, -0.2) is 53.5 Å². The van der Waals surface area contributed by atoms with Crippen LogP contribution in [0, 0.1) is 5.41 Å². The molecular weight excluding hydrogens is 247 g/mol. The van der Waals surface area contributed by atoms with Gasteiger partial charge in [0.1, 0.15) is 0 Å². The lowest BCUT2D eigenvalue weighted by molar-refractivity contribution is -0.135. The minimum absolute atomic E-state index is 0.0712. The molecule has 1 aliphatic heterocycles. The van der Waals surface area contributed by atoms with Gasteiger partial charge < -0.3 is 20.3 Å². The fraction of sp³-hybridized carbons (Fsp3) is 0.667. The monoisotopic (exact) mass is 268 g/mol. The molecule has 1 heterocycles. The Labute approximate surface area is 113 Å². The average molecular weight is 268 g/mol. The number of carbonyl (C=O) groups is 2. The number of rotatable bonds is 3. The van der Waals surface area contributed by atoms with E-state index >= 15 is 0 Å². The van der Waals surface area contributed by atoms with Gasteiger partial charge >= 0.3 is 7.12 Å². The van der Waals surface area contributed by atoms with E-state index in [1.807, 2.05) is 0 Å². The minimum Gasteiger partial charge on any atom is -0.427 e. The molecule has 0 aromatic heterocycles. The lowest BCUT2D eigenvalue weighted by Gasteiger charge is -2.29. The molecule has 1 unspecified atom stereocenters. The number of amides is 2. The third kappa shape index (κ3) is 4.68. The van der Waals surface area contributed by atoms with E-state index in [1.165, 1.54) is 4.90 Å². The molecule has 0 aliphatic carbocycles. The van der Waals surface area contributed by atoms with Crippen LogP contribution in [0.25, 0.3) is 0 Å². The molecule has 0 fully saturated rings. The summed E-state index contributed by atoms with van der Waals surface area (Å²) in [7, 11) is -1.48. The van der Waals surface area contributed by atoms with Gasteiger partial charge in [-0.3, -0.25) is 9.59 Å². The highest BCUT2D eigenvalue weighted by atomic mass is 16.4. The zero-order valence-corrected chi connectivity index (χ0v) is 11.6. The van der Waals surface area contributed by atoms with E-state index in [4.69, 9.17) is 10.0 Å². The van der Waals surface area contributed by atoms with Gasteiger partial charge in [0.05, 0.1) is 6.54 Å². The van der Waals surface area contributed by atoms with Gasteiger partial charge in [-0.1, -0.05) is 32.9 Å². The highest BCUT2D eigenvalue weighted by molar-refractivity contribution is 6.44. The van der Waals surface area contributed by atoms with Crippen LogP contribution in [0.15, 0.2) is 12.2 Å². The van der Waals surface area contributed by atoms with Gasteiger partial charge in [0, 0.05) is 24.3 Å². The van der Waals surface area contributed by atoms with Crippen LogP contribution in [-0.2, 0) is 9.59 Å². The largest absolute Gasteiger partial charge is 0.460 e. The smallest absolute Gasteiger partial charge is 0.427 e. The van der Waals surface area contributed by atoms with Crippen molar-refractivity contribution in [1.29, 1.82) is 0 Å². The molecule has 7 heteroatoms. The summed E-state index contributed by atoms with van der Waals surface area (Å²) in [5.74, 6) is -0.893. The van der Waals surface area contributed by atoms with Crippen molar-refractivity contribution in [3.63, 3.8) is 0 Å². The molecule has 0 spiro atoms. The summed E-state index contributed by atoms with van der Waals surface area (Å²) in [6.45, 7) is 5.92. The standard InChI is InChI=1S/C12H21BN2O4/c1-12(2,3)11(17)14-7-10(16)15-6-4-5-9(8-15)13(18)19/h4-5,9,18-19H,6-8H2,1-3H3,(H,14,17). The van der Waals surface area contributed by atoms with Crippen molar-refractivity contribution in [1.82, 2.24) is 10.2 Å². The first-order chi connectivity index (χ1) is 8.71. The lowest BCUT2D eigenvalue weighted by atomic mass is 9.71. The summed E-state index contributed by atoms with van der Waals surface area (Å²) >= 11 is 0. The fourth-order valence-corrected chi connectivity index (χ4v) is 1.68. The highest BCUT2D eigenvalue weighted by Gasteiger charge is 2.28. The molecule has 0 aromatic carbocycles. The quantitative estimate of drug-likeness (QED) is 0.470. The van der Waals surface area contributed by atoms with Gasteiger partial charge in [-0.15, -0.1) is 0 Å². The maximum Gasteiger partial charge on any atom is 0.460 e. The Bertz CT molecular complexity index is 376. The Morgan fingerprint density at radius 1 is 1.42 bits per heavy atom. The van der Waals surface area contributed by atoms with Gasteiger partial charge in [-0.05, 0) is 0 Å². The second-order valence-corrected chi connectivity index (χ2v) is 5.74. The van der Waals surface area contributed by atoms with Crippen molar-refractivity contribution in [2.24, 2.45) is 5.41 Å². The van der Waals surface area contributed by atoms with Crippen molar-refractivity contribution in [3.05, 3.63) is 12.2 Å². The van der Waals surface area contributed by atoms with E-state index < -0.39 is 18.4 Å². The molecular formula is C12H21BN2O4. The molecule has 0 saturated heterocycles. The molecule has 19 heavy (non-hydrogen) atoms. The zero-order valence-electron chi connectivity index (χ0n) is 11.6. The SMILES string of the molecule is CC(C)(C)C(=O)NCC(=O)N1CC=CC(B(O)O)C1. The Hall–Kier alpha value is -1.34. The van der Waals surface area contributed by atoms with Crippen molar-refractivity contribution in [3.8, 4) is 0 Å². The summed E-state index contributed by atoms with van der Waals surface area (Å²) in [5, 5.41) is 20.8. The normalized spacial score (nSPS) is 19.2. The summed E-state index contributed by atoms with van der Waals surface area (Å²) in [5.41, 5.74) is -0.536. The summed E-state index contributed by atoms with van der Waals surface area (Å²) < 4.78 is 0. The third-order valence-electron chi connectivity index (χ3n) is 2.96. The second kappa shape index (κ2) is 6.21. The van der Waals surface area contributed by atoms with Crippen LogP contribution in [0.2, 0.25) is 5.82 Å². The predicted octanol–water partition coefficient (Wildman–Crippen LogP) is -0.610. The maximum absolute atomic E-state index is 11.9. The van der Waals surface area contributed by atoms with Crippen molar-refractivity contribution >= 4 is 18.9 Å². The molecule has 1 rings (SSSR count). The van der Waals surface area contributed by atoms with Crippen LogP contribution in [0.5, 0.6) is 0 Å². The van der Waals surface area contributed by atoms with Crippen LogP contribution in [0.4, 0.5) is 0 Å². The van der Waals surface area contributed by atoms with Crippen LogP contribution in [0.3, 0.4) is 0 Å². The maximum atomic E-state index is 11.9. The van der Waals surface area contributed by atoms with Crippen molar-refractivity contribution in [2.45, 2.75) is 26.6 Å². The Morgan fingerprint density at radius 3 is 2.58 bits per heavy atom. The van der Waals surface area contributed by atoms with Crippen LogP contribution >= 0.6 is 0 Å². The first kappa shape index (κ1) is 15.7. The lowest BCUT2D eigenvalue weighted by Crippen LogP contribution is -2.46. The Balaban J connectivity index is 2.47. The zero-order chi connectivity index (χ0) is 14.6. The summed E-state index contributed by atoms with van der Waals surface area (Å²) in [6.07, 6.45) is 3.40. The van der Waals surface area contributed by atoms with E-state index in [9.17, 15) is 9.59 Å². The van der Waals surface area contributed by atoms with Gasteiger partial charge in [0.25, 0.3) is 0 Å². The molecule has 0 radical (unpaired) electrons. The third-order valence-corrected chi connectivity index (χ3v) is 2.96. The molecule has 3 N–H and O–H groups in total. The molecule has 1 atom stereocenters. The van der Waals surface area contributed by atoms with E-state index in [-0.39, 0.29) is 24.9 Å². The molecule has 106 valence electrons. The molecule has 1 aliphatic rings. The van der Waals surface area contributed by atoms with Crippen LogP contribution < -0.4 is 5.32 Å². The first-order valence-corrected chi connectivity index (χ1v) is 6.30. The van der Waals surface area contributed by atoms with Gasteiger partial charge in [0.2, 0.25) is 11.8 Å². The minimum atomic E-state index is -1.48. The Kier molecular flexibility index (Phi) is 5.14. The Morgan fingerprint density at radius 2 is 2.05 bits per heavy atom. The summed E-state index contributed by atoms with van der Waals surface area (Å²) in [4.78, 5) is 25.1. The van der Waals surface area contributed by atoms with E-state index in [0.717, 1.165) is 0 Å².